The highest BCUT2D eigenvalue weighted by Crippen LogP contribution is 2.29. The molecule has 0 spiro atoms. The van der Waals surface area contributed by atoms with E-state index in [2.05, 4.69) is 53.5 Å². The molecule has 24 heavy (non-hydrogen) atoms. The van der Waals surface area contributed by atoms with E-state index in [1.54, 1.807) is 0 Å². The summed E-state index contributed by atoms with van der Waals surface area (Å²) >= 11 is 0. The van der Waals surface area contributed by atoms with E-state index in [0.717, 1.165) is 25.3 Å². The van der Waals surface area contributed by atoms with E-state index in [1.165, 1.54) is 37.7 Å². The number of hydrogen-bond donors (Lipinski definition) is 1. The lowest BCUT2D eigenvalue weighted by molar-refractivity contribution is 0.163. The fraction of sp³-hybridized carbons (Fsp3) is 0.900. The third kappa shape index (κ3) is 9.54. The number of rotatable bonds is 14. The third-order valence-corrected chi connectivity index (χ3v) is 11.7. The van der Waals surface area contributed by atoms with Crippen LogP contribution < -0.4 is 0 Å². The predicted molar refractivity (Wildman–Crippen MR) is 114 cm³/mol. The lowest BCUT2D eigenvalue weighted by atomic mass is 10.2. The minimum Gasteiger partial charge on any atom is -0.415 e. The molecule has 2 atom stereocenters. The van der Waals surface area contributed by atoms with Crippen LogP contribution in [0.3, 0.4) is 0 Å². The molecule has 0 radical (unpaired) electrons. The molecule has 0 saturated carbocycles. The summed E-state index contributed by atoms with van der Waals surface area (Å²) in [6.45, 7) is 20.0. The van der Waals surface area contributed by atoms with Crippen molar-refractivity contribution in [3.8, 4) is 0 Å². The van der Waals surface area contributed by atoms with Crippen molar-refractivity contribution in [3.63, 3.8) is 0 Å². The van der Waals surface area contributed by atoms with Crippen LogP contribution in [0.1, 0.15) is 72.1 Å². The number of unbranched alkanes of at least 4 members (excludes halogenated alkanes) is 4. The van der Waals surface area contributed by atoms with Crippen LogP contribution in [-0.2, 0) is 4.43 Å². The molecule has 0 aromatic heterocycles. The summed E-state index contributed by atoms with van der Waals surface area (Å²) in [6, 6.07) is 1.13. The maximum absolute atomic E-state index is 10.7. The minimum absolute atomic E-state index is 0.243. The van der Waals surface area contributed by atoms with Crippen LogP contribution in [0, 0.1) is 0 Å². The predicted octanol–water partition coefficient (Wildman–Crippen LogP) is 6.46. The Morgan fingerprint density at radius 3 is 1.92 bits per heavy atom. The Kier molecular flexibility index (Phi) is 11.7. The zero-order valence-electron chi connectivity index (χ0n) is 17.6. The SMILES string of the molecule is C=C(C)C[Si](C)(C)C(CCCCC)O[Si](C)(C)C(O)CCCCC. The zero-order valence-corrected chi connectivity index (χ0v) is 19.6. The Morgan fingerprint density at radius 1 is 0.958 bits per heavy atom. The molecule has 0 aliphatic carbocycles. The first-order valence-corrected chi connectivity index (χ1v) is 16.3. The lowest BCUT2D eigenvalue weighted by Crippen LogP contribution is -2.54. The topological polar surface area (TPSA) is 29.5 Å². The second-order valence-corrected chi connectivity index (χ2v) is 17.9. The lowest BCUT2D eigenvalue weighted by Gasteiger charge is -2.40. The van der Waals surface area contributed by atoms with E-state index in [4.69, 9.17) is 4.43 Å². The maximum Gasteiger partial charge on any atom is 0.214 e. The maximum atomic E-state index is 10.7. The zero-order chi connectivity index (χ0) is 18.8. The Morgan fingerprint density at radius 2 is 1.46 bits per heavy atom. The van der Waals surface area contributed by atoms with Crippen molar-refractivity contribution < 1.29 is 9.53 Å². The molecule has 0 bridgehead atoms. The molecule has 0 aliphatic heterocycles. The van der Waals surface area contributed by atoms with Gasteiger partial charge in [-0.15, -0.1) is 6.58 Å². The van der Waals surface area contributed by atoms with Gasteiger partial charge in [-0.25, -0.2) is 0 Å². The third-order valence-electron chi connectivity index (χ3n) is 5.03. The molecule has 0 saturated heterocycles. The molecule has 0 aromatic rings. The van der Waals surface area contributed by atoms with Crippen molar-refractivity contribution in [3.05, 3.63) is 12.2 Å². The summed E-state index contributed by atoms with van der Waals surface area (Å²) in [6.07, 6.45) is 9.34. The molecule has 0 fully saturated rings. The molecule has 1 N–H and O–H groups in total. The second kappa shape index (κ2) is 11.7. The van der Waals surface area contributed by atoms with Crippen molar-refractivity contribution in [2.45, 2.75) is 116 Å². The van der Waals surface area contributed by atoms with Gasteiger partial charge in [-0.05, 0) is 38.9 Å². The number of allylic oxidation sites excluding steroid dienone is 1. The van der Waals surface area contributed by atoms with Crippen LogP contribution in [0.4, 0.5) is 0 Å². The normalized spacial score (nSPS) is 15.3. The Labute approximate surface area is 154 Å². The van der Waals surface area contributed by atoms with Gasteiger partial charge < -0.3 is 9.53 Å². The van der Waals surface area contributed by atoms with Gasteiger partial charge in [0.05, 0.1) is 13.8 Å². The van der Waals surface area contributed by atoms with Gasteiger partial charge in [-0.3, -0.25) is 0 Å². The van der Waals surface area contributed by atoms with Gasteiger partial charge in [-0.2, -0.15) is 0 Å². The summed E-state index contributed by atoms with van der Waals surface area (Å²) in [7, 11) is -3.62. The van der Waals surface area contributed by atoms with Crippen LogP contribution in [0.25, 0.3) is 0 Å². The van der Waals surface area contributed by atoms with Crippen molar-refractivity contribution in [2.75, 3.05) is 0 Å². The highest BCUT2D eigenvalue weighted by molar-refractivity contribution is 6.81. The van der Waals surface area contributed by atoms with E-state index in [9.17, 15) is 5.11 Å². The van der Waals surface area contributed by atoms with Gasteiger partial charge >= 0.3 is 0 Å². The van der Waals surface area contributed by atoms with Crippen LogP contribution >= 0.6 is 0 Å². The molecule has 0 aromatic carbocycles. The molecule has 4 heteroatoms. The van der Waals surface area contributed by atoms with Gasteiger partial charge in [0.2, 0.25) is 8.32 Å². The van der Waals surface area contributed by atoms with E-state index in [1.807, 2.05) is 0 Å². The van der Waals surface area contributed by atoms with Gasteiger partial charge in [-0.1, -0.05) is 71.0 Å². The standard InChI is InChI=1S/C20H44O2Si2/c1-9-11-13-15-19(21)24(7,8)22-20(16-14-12-10-2)23(5,6)17-18(3)4/h19-21H,3,9-17H2,1-2,4-8H3. The molecular formula is C20H44O2Si2. The molecule has 0 aliphatic rings. The van der Waals surface area contributed by atoms with Gasteiger partial charge in [0.15, 0.2) is 0 Å². The highest BCUT2D eigenvalue weighted by Gasteiger charge is 2.40. The fourth-order valence-corrected chi connectivity index (χ4v) is 10.3. The minimum atomic E-state index is -2.08. The molecule has 2 unspecified atom stereocenters. The molecule has 2 nitrogen and oxygen atoms in total. The second-order valence-electron chi connectivity index (χ2n) is 8.84. The number of aliphatic hydroxyl groups excluding tert-OH is 1. The Hall–Kier alpha value is 0.0938. The molecular weight excluding hydrogens is 328 g/mol. The van der Waals surface area contributed by atoms with Crippen molar-refractivity contribution in [1.29, 1.82) is 0 Å². The first kappa shape index (κ1) is 24.1. The summed E-state index contributed by atoms with van der Waals surface area (Å²) in [5.74, 6) is 0. The van der Waals surface area contributed by atoms with Crippen LogP contribution in [0.5, 0.6) is 0 Å². The quantitative estimate of drug-likeness (QED) is 0.215. The smallest absolute Gasteiger partial charge is 0.214 e. The van der Waals surface area contributed by atoms with E-state index < -0.39 is 16.4 Å². The van der Waals surface area contributed by atoms with E-state index in [-0.39, 0.29) is 5.73 Å². The molecule has 0 rings (SSSR count). The first-order valence-electron chi connectivity index (χ1n) is 10.1. The molecule has 0 heterocycles. The number of hydrogen-bond acceptors (Lipinski definition) is 2. The first-order chi connectivity index (χ1) is 11.1. The van der Waals surface area contributed by atoms with Crippen molar-refractivity contribution in [1.82, 2.24) is 0 Å². The summed E-state index contributed by atoms with van der Waals surface area (Å²) < 4.78 is 6.75. The highest BCUT2D eigenvalue weighted by atomic mass is 28.4. The van der Waals surface area contributed by atoms with Gasteiger partial charge in [0, 0.05) is 5.73 Å². The van der Waals surface area contributed by atoms with Crippen molar-refractivity contribution in [2.24, 2.45) is 0 Å². The van der Waals surface area contributed by atoms with Crippen LogP contribution in [0.2, 0.25) is 32.2 Å². The summed E-state index contributed by atoms with van der Waals surface area (Å²) in [5, 5.41) is 10.7. The van der Waals surface area contributed by atoms with E-state index in [0.29, 0.717) is 5.73 Å². The van der Waals surface area contributed by atoms with Crippen LogP contribution in [-0.4, -0.2) is 33.0 Å². The van der Waals surface area contributed by atoms with Gasteiger partial charge in [0.25, 0.3) is 0 Å². The largest absolute Gasteiger partial charge is 0.415 e. The average Bonchev–Trinajstić information content (AvgIpc) is 2.45. The Balaban J connectivity index is 4.96. The Bertz CT molecular complexity index is 354. The fourth-order valence-electron chi connectivity index (χ4n) is 3.46. The average molecular weight is 373 g/mol. The summed E-state index contributed by atoms with van der Waals surface area (Å²) in [4.78, 5) is 0. The molecule has 144 valence electrons. The monoisotopic (exact) mass is 372 g/mol. The van der Waals surface area contributed by atoms with Crippen LogP contribution in [0.15, 0.2) is 12.2 Å². The van der Waals surface area contributed by atoms with Crippen molar-refractivity contribution >= 4 is 16.4 Å². The van der Waals surface area contributed by atoms with Gasteiger partial charge in [0.1, 0.15) is 0 Å². The number of aliphatic hydroxyl groups is 1. The summed E-state index contributed by atoms with van der Waals surface area (Å²) in [5.41, 5.74) is 1.38. The molecule has 0 amide bonds. The van der Waals surface area contributed by atoms with E-state index >= 15 is 0 Å².